The maximum absolute atomic E-state index is 11.9. The van der Waals surface area contributed by atoms with E-state index in [-0.39, 0.29) is 5.91 Å². The van der Waals surface area contributed by atoms with E-state index in [1.807, 2.05) is 30.3 Å². The van der Waals surface area contributed by atoms with Crippen LogP contribution in [0.3, 0.4) is 0 Å². The lowest BCUT2D eigenvalue weighted by Crippen LogP contribution is -2.12. The summed E-state index contributed by atoms with van der Waals surface area (Å²) < 4.78 is 10.5. The van der Waals surface area contributed by atoms with Crippen LogP contribution in [0.1, 0.15) is 12.8 Å². The fourth-order valence-electron chi connectivity index (χ4n) is 2.19. The molecule has 6 nitrogen and oxygen atoms in total. The predicted molar refractivity (Wildman–Crippen MR) is 86.6 cm³/mol. The van der Waals surface area contributed by atoms with Crippen molar-refractivity contribution >= 4 is 22.7 Å². The molecule has 1 heterocycles. The fourth-order valence-corrected chi connectivity index (χ4v) is 2.19. The van der Waals surface area contributed by atoms with Crippen molar-refractivity contribution in [3.05, 3.63) is 59.1 Å². The molecule has 0 fully saturated rings. The Balaban J connectivity index is 1.47. The molecule has 0 aliphatic carbocycles. The standard InChI is InChI=1S/C17H16N2O4/c20-16(7-4-10-22-13-5-2-1-3-6-13)18-12-8-9-14-15(11-12)23-17(21)19-14/h1-3,5-6,8-9,11H,4,7,10H2,(H,18,20)(H,19,21). The zero-order valence-corrected chi connectivity index (χ0v) is 12.4. The lowest BCUT2D eigenvalue weighted by molar-refractivity contribution is -0.116. The third kappa shape index (κ3) is 4.00. The maximum Gasteiger partial charge on any atom is 0.417 e. The topological polar surface area (TPSA) is 84.3 Å². The molecule has 0 bridgehead atoms. The number of ether oxygens (including phenoxy) is 1. The SMILES string of the molecule is O=C(CCCOc1ccccc1)Nc1ccc2[nH]c(=O)oc2c1. The number of nitrogens with one attached hydrogen (secondary N) is 2. The summed E-state index contributed by atoms with van der Waals surface area (Å²) in [5.74, 6) is 0.168. The van der Waals surface area contributed by atoms with Gasteiger partial charge in [0.05, 0.1) is 12.1 Å². The Morgan fingerprint density at radius 3 is 2.83 bits per heavy atom. The van der Waals surface area contributed by atoms with Crippen LogP contribution in [0, 0.1) is 0 Å². The van der Waals surface area contributed by atoms with Crippen molar-refractivity contribution in [1.29, 1.82) is 0 Å². The molecule has 2 N–H and O–H groups in total. The number of fused-ring (bicyclic) bond motifs is 1. The van der Waals surface area contributed by atoms with Gasteiger partial charge in [-0.05, 0) is 30.7 Å². The van der Waals surface area contributed by atoms with E-state index in [1.54, 1.807) is 18.2 Å². The number of amides is 1. The van der Waals surface area contributed by atoms with Crippen LogP contribution < -0.4 is 15.8 Å². The van der Waals surface area contributed by atoms with Crippen LogP contribution in [-0.4, -0.2) is 17.5 Å². The Morgan fingerprint density at radius 2 is 2.00 bits per heavy atom. The number of H-pyrrole nitrogens is 1. The van der Waals surface area contributed by atoms with Gasteiger partial charge in [-0.2, -0.15) is 0 Å². The van der Waals surface area contributed by atoms with Crippen molar-refractivity contribution < 1.29 is 13.9 Å². The van der Waals surface area contributed by atoms with Gasteiger partial charge in [0.2, 0.25) is 5.91 Å². The molecule has 0 radical (unpaired) electrons. The molecule has 0 saturated heterocycles. The summed E-state index contributed by atoms with van der Waals surface area (Å²) in [5.41, 5.74) is 1.61. The predicted octanol–water partition coefficient (Wildman–Crippen LogP) is 2.92. The molecule has 0 spiro atoms. The second-order valence-corrected chi connectivity index (χ2v) is 5.04. The van der Waals surface area contributed by atoms with Gasteiger partial charge >= 0.3 is 5.76 Å². The zero-order chi connectivity index (χ0) is 16.1. The number of benzene rings is 2. The Labute approximate surface area is 132 Å². The summed E-state index contributed by atoms with van der Waals surface area (Å²) in [5, 5.41) is 2.77. The van der Waals surface area contributed by atoms with Gasteiger partial charge in [-0.1, -0.05) is 18.2 Å². The van der Waals surface area contributed by atoms with Gasteiger partial charge in [0.1, 0.15) is 5.75 Å². The molecule has 3 rings (SSSR count). The number of anilines is 1. The van der Waals surface area contributed by atoms with Crippen LogP contribution in [0.2, 0.25) is 0 Å². The van der Waals surface area contributed by atoms with Gasteiger partial charge in [-0.15, -0.1) is 0 Å². The highest BCUT2D eigenvalue weighted by Crippen LogP contribution is 2.16. The lowest BCUT2D eigenvalue weighted by Gasteiger charge is -2.07. The number of oxazole rings is 1. The highest BCUT2D eigenvalue weighted by Gasteiger charge is 2.06. The average Bonchev–Trinajstić information content (AvgIpc) is 2.92. The zero-order valence-electron chi connectivity index (χ0n) is 12.4. The van der Waals surface area contributed by atoms with Gasteiger partial charge < -0.3 is 14.5 Å². The van der Waals surface area contributed by atoms with E-state index < -0.39 is 5.76 Å². The van der Waals surface area contributed by atoms with Crippen molar-refractivity contribution in [3.8, 4) is 5.75 Å². The van der Waals surface area contributed by atoms with Crippen LogP contribution in [-0.2, 0) is 4.79 Å². The van der Waals surface area contributed by atoms with Gasteiger partial charge in [-0.25, -0.2) is 4.79 Å². The molecule has 3 aromatic rings. The number of rotatable bonds is 6. The van der Waals surface area contributed by atoms with E-state index in [1.165, 1.54) is 0 Å². The largest absolute Gasteiger partial charge is 0.494 e. The van der Waals surface area contributed by atoms with E-state index in [9.17, 15) is 9.59 Å². The molecule has 23 heavy (non-hydrogen) atoms. The van der Waals surface area contributed by atoms with Crippen LogP contribution in [0.25, 0.3) is 11.1 Å². The molecule has 118 valence electrons. The molecule has 1 amide bonds. The van der Waals surface area contributed by atoms with Gasteiger partial charge in [-0.3, -0.25) is 9.78 Å². The molecule has 6 heteroatoms. The van der Waals surface area contributed by atoms with Crippen LogP contribution in [0.4, 0.5) is 5.69 Å². The molecule has 0 aliphatic heterocycles. The Bertz CT molecular complexity index is 852. The van der Waals surface area contributed by atoms with Crippen molar-refractivity contribution in [2.24, 2.45) is 0 Å². The quantitative estimate of drug-likeness (QED) is 0.685. The third-order valence-electron chi connectivity index (χ3n) is 3.26. The Kier molecular flexibility index (Phi) is 4.42. The summed E-state index contributed by atoms with van der Waals surface area (Å²) in [6.07, 6.45) is 0.962. The number of para-hydroxylation sites is 1. The number of aromatic nitrogens is 1. The van der Waals surface area contributed by atoms with E-state index >= 15 is 0 Å². The maximum atomic E-state index is 11.9. The number of carbonyl (C=O) groups is 1. The Morgan fingerprint density at radius 1 is 1.17 bits per heavy atom. The summed E-state index contributed by atoms with van der Waals surface area (Å²) >= 11 is 0. The monoisotopic (exact) mass is 312 g/mol. The molecular weight excluding hydrogens is 296 g/mol. The number of aromatic amines is 1. The molecule has 0 atom stereocenters. The van der Waals surface area contributed by atoms with E-state index in [2.05, 4.69) is 10.3 Å². The van der Waals surface area contributed by atoms with Crippen LogP contribution >= 0.6 is 0 Å². The molecule has 1 aromatic heterocycles. The molecule has 0 unspecified atom stereocenters. The number of hydrogen-bond donors (Lipinski definition) is 2. The first-order valence-electron chi connectivity index (χ1n) is 7.31. The Hall–Kier alpha value is -3.02. The van der Waals surface area contributed by atoms with Gasteiger partial charge in [0.15, 0.2) is 5.58 Å². The van der Waals surface area contributed by atoms with Crippen molar-refractivity contribution in [2.45, 2.75) is 12.8 Å². The second kappa shape index (κ2) is 6.83. The van der Waals surface area contributed by atoms with Crippen molar-refractivity contribution in [2.75, 3.05) is 11.9 Å². The minimum Gasteiger partial charge on any atom is -0.494 e. The lowest BCUT2D eigenvalue weighted by atomic mass is 10.2. The normalized spacial score (nSPS) is 10.6. The third-order valence-corrected chi connectivity index (χ3v) is 3.26. The molecule has 2 aromatic carbocycles. The van der Waals surface area contributed by atoms with Gasteiger partial charge in [0, 0.05) is 18.2 Å². The van der Waals surface area contributed by atoms with Gasteiger partial charge in [0.25, 0.3) is 0 Å². The fraction of sp³-hybridized carbons (Fsp3) is 0.176. The smallest absolute Gasteiger partial charge is 0.417 e. The molecule has 0 aliphatic rings. The number of carbonyl (C=O) groups excluding carboxylic acids is 1. The second-order valence-electron chi connectivity index (χ2n) is 5.04. The minimum absolute atomic E-state index is 0.112. The van der Waals surface area contributed by atoms with Crippen LogP contribution in [0.15, 0.2) is 57.7 Å². The average molecular weight is 312 g/mol. The highest BCUT2D eigenvalue weighted by atomic mass is 16.5. The van der Waals surface area contributed by atoms with E-state index in [4.69, 9.17) is 9.15 Å². The summed E-state index contributed by atoms with van der Waals surface area (Å²) in [6.45, 7) is 0.475. The first-order valence-corrected chi connectivity index (χ1v) is 7.31. The minimum atomic E-state index is -0.512. The summed E-state index contributed by atoms with van der Waals surface area (Å²) in [6, 6.07) is 14.5. The summed E-state index contributed by atoms with van der Waals surface area (Å²) in [7, 11) is 0. The first-order chi connectivity index (χ1) is 11.2. The van der Waals surface area contributed by atoms with E-state index in [0.29, 0.717) is 36.2 Å². The summed E-state index contributed by atoms with van der Waals surface area (Å²) in [4.78, 5) is 25.5. The van der Waals surface area contributed by atoms with E-state index in [0.717, 1.165) is 5.75 Å². The van der Waals surface area contributed by atoms with Crippen molar-refractivity contribution in [1.82, 2.24) is 4.98 Å². The highest BCUT2D eigenvalue weighted by molar-refractivity contribution is 5.92. The van der Waals surface area contributed by atoms with Crippen LogP contribution in [0.5, 0.6) is 5.75 Å². The molecule has 0 saturated carbocycles. The molecular formula is C17H16N2O4. The number of hydrogen-bond acceptors (Lipinski definition) is 4. The van der Waals surface area contributed by atoms with Crippen molar-refractivity contribution in [3.63, 3.8) is 0 Å². The first kappa shape index (κ1) is 14.9.